The van der Waals surface area contributed by atoms with Crippen molar-refractivity contribution in [3.8, 4) is 0 Å². The van der Waals surface area contributed by atoms with E-state index in [0.717, 1.165) is 29.8 Å². The Hall–Kier alpha value is -2.76. The van der Waals surface area contributed by atoms with E-state index in [2.05, 4.69) is 5.32 Å². The van der Waals surface area contributed by atoms with Gasteiger partial charge in [-0.05, 0) is 37.1 Å². The molecule has 1 unspecified atom stereocenters. The Kier molecular flexibility index (Phi) is 4.29. The highest BCUT2D eigenvalue weighted by Crippen LogP contribution is 2.32. The third kappa shape index (κ3) is 3.13. The minimum atomic E-state index is -0.879. The first-order chi connectivity index (χ1) is 11.5. The lowest BCUT2D eigenvalue weighted by Crippen LogP contribution is -2.37. The van der Waals surface area contributed by atoms with Gasteiger partial charge in [0.2, 0.25) is 11.8 Å². The molecule has 1 atom stereocenters. The summed E-state index contributed by atoms with van der Waals surface area (Å²) in [5.41, 5.74) is 1.71. The van der Waals surface area contributed by atoms with Gasteiger partial charge in [0.25, 0.3) is 0 Å². The molecule has 6 heteroatoms. The Balaban J connectivity index is 1.70. The maximum absolute atomic E-state index is 13.6. The highest BCUT2D eigenvalue weighted by molar-refractivity contribution is 6.10. The van der Waals surface area contributed by atoms with Crippen molar-refractivity contribution in [2.75, 3.05) is 10.2 Å². The Morgan fingerprint density at radius 3 is 2.71 bits per heavy atom. The van der Waals surface area contributed by atoms with Gasteiger partial charge in [0.05, 0.1) is 5.69 Å². The number of fused-ring (bicyclic) bond motifs is 1. The molecule has 0 fully saturated rings. The van der Waals surface area contributed by atoms with E-state index in [0.29, 0.717) is 6.07 Å². The van der Waals surface area contributed by atoms with Crippen LogP contribution < -0.4 is 10.2 Å². The van der Waals surface area contributed by atoms with Crippen molar-refractivity contribution in [1.29, 1.82) is 0 Å². The first-order valence-corrected chi connectivity index (χ1v) is 7.60. The minimum absolute atomic E-state index is 0.0368. The third-order valence-corrected chi connectivity index (χ3v) is 3.99. The number of carbonyl (C=O) groups excluding carboxylic acids is 2. The fourth-order valence-corrected chi connectivity index (χ4v) is 2.95. The molecular weight excluding hydrogens is 314 g/mol. The van der Waals surface area contributed by atoms with Crippen LogP contribution in [0.4, 0.5) is 20.2 Å². The van der Waals surface area contributed by atoms with Crippen LogP contribution in [0.25, 0.3) is 0 Å². The van der Waals surface area contributed by atoms with Gasteiger partial charge in [-0.2, -0.15) is 0 Å². The highest BCUT2D eigenvalue weighted by Gasteiger charge is 2.31. The fraction of sp³-hybridized carbons (Fsp3) is 0.222. The topological polar surface area (TPSA) is 49.4 Å². The van der Waals surface area contributed by atoms with Crippen LogP contribution in [0.15, 0.2) is 42.5 Å². The predicted octanol–water partition coefficient (Wildman–Crippen LogP) is 3.27. The summed E-state index contributed by atoms with van der Waals surface area (Å²) in [5.74, 6) is -2.60. The molecule has 0 saturated carbocycles. The van der Waals surface area contributed by atoms with Gasteiger partial charge in [-0.15, -0.1) is 0 Å². The number of benzene rings is 2. The normalized spacial score (nSPS) is 16.0. The number of nitrogens with one attached hydrogen (secondary N) is 1. The van der Waals surface area contributed by atoms with Crippen LogP contribution in [0.5, 0.6) is 0 Å². The van der Waals surface area contributed by atoms with E-state index >= 15 is 0 Å². The molecule has 0 aromatic heterocycles. The molecule has 1 aliphatic rings. The van der Waals surface area contributed by atoms with Gasteiger partial charge >= 0.3 is 0 Å². The summed E-state index contributed by atoms with van der Waals surface area (Å²) >= 11 is 0. The zero-order chi connectivity index (χ0) is 17.3. The van der Waals surface area contributed by atoms with Crippen LogP contribution in [0.1, 0.15) is 18.9 Å². The Labute approximate surface area is 138 Å². The van der Waals surface area contributed by atoms with Crippen molar-refractivity contribution in [2.45, 2.75) is 25.8 Å². The number of halogens is 2. The summed E-state index contributed by atoms with van der Waals surface area (Å²) in [4.78, 5) is 26.1. The maximum atomic E-state index is 13.6. The van der Waals surface area contributed by atoms with Gasteiger partial charge in [-0.1, -0.05) is 18.2 Å². The Morgan fingerprint density at radius 2 is 1.96 bits per heavy atom. The zero-order valence-corrected chi connectivity index (χ0v) is 13.1. The minimum Gasteiger partial charge on any atom is -0.323 e. The smallest absolute Gasteiger partial charge is 0.236 e. The van der Waals surface area contributed by atoms with E-state index in [4.69, 9.17) is 0 Å². The van der Waals surface area contributed by atoms with Crippen molar-refractivity contribution in [3.63, 3.8) is 0 Å². The molecule has 24 heavy (non-hydrogen) atoms. The van der Waals surface area contributed by atoms with E-state index in [1.807, 2.05) is 31.2 Å². The molecular formula is C18H16F2N2O2. The highest BCUT2D eigenvalue weighted by atomic mass is 19.1. The summed E-state index contributed by atoms with van der Waals surface area (Å²) in [7, 11) is 0. The first kappa shape index (κ1) is 16.1. The number of para-hydroxylation sites is 1. The number of hydrogen-bond donors (Lipinski definition) is 1. The molecule has 1 heterocycles. The second-order valence-electron chi connectivity index (χ2n) is 5.79. The van der Waals surface area contributed by atoms with Gasteiger partial charge in [-0.25, -0.2) is 8.78 Å². The average molecular weight is 330 g/mol. The van der Waals surface area contributed by atoms with Crippen LogP contribution in [0.2, 0.25) is 0 Å². The molecule has 0 saturated heterocycles. The molecule has 1 N–H and O–H groups in total. The number of carbonyl (C=O) groups is 2. The fourth-order valence-electron chi connectivity index (χ4n) is 2.95. The van der Waals surface area contributed by atoms with Gasteiger partial charge in [0.1, 0.15) is 18.1 Å². The van der Waals surface area contributed by atoms with Crippen LogP contribution in [0, 0.1) is 11.6 Å². The average Bonchev–Trinajstić information content (AvgIpc) is 2.85. The molecule has 0 spiro atoms. The number of nitrogens with zero attached hydrogens (tertiary/aromatic N) is 1. The number of rotatable bonds is 3. The lowest BCUT2D eigenvalue weighted by Gasteiger charge is -2.22. The lowest BCUT2D eigenvalue weighted by atomic mass is 10.1. The zero-order valence-electron chi connectivity index (χ0n) is 13.1. The van der Waals surface area contributed by atoms with E-state index in [9.17, 15) is 18.4 Å². The molecule has 0 radical (unpaired) electrons. The number of amides is 2. The summed E-state index contributed by atoms with van der Waals surface area (Å²) in [6.45, 7) is 1.91. The largest absolute Gasteiger partial charge is 0.323 e. The van der Waals surface area contributed by atoms with Crippen LogP contribution in [-0.2, 0) is 16.0 Å². The molecule has 3 rings (SSSR count). The van der Waals surface area contributed by atoms with Crippen molar-refractivity contribution in [2.24, 2.45) is 0 Å². The third-order valence-electron chi connectivity index (χ3n) is 3.99. The van der Waals surface area contributed by atoms with Gasteiger partial charge in [-0.3, -0.25) is 9.59 Å². The van der Waals surface area contributed by atoms with E-state index in [1.165, 1.54) is 0 Å². The summed E-state index contributed by atoms with van der Waals surface area (Å²) < 4.78 is 26.4. The molecule has 2 aromatic carbocycles. The summed E-state index contributed by atoms with van der Waals surface area (Å²) in [5, 5.41) is 2.30. The molecule has 0 bridgehead atoms. The van der Waals surface area contributed by atoms with Crippen molar-refractivity contribution in [1.82, 2.24) is 0 Å². The Bertz CT molecular complexity index is 807. The molecule has 1 aliphatic heterocycles. The van der Waals surface area contributed by atoms with Crippen LogP contribution in [-0.4, -0.2) is 17.9 Å². The molecule has 2 amide bonds. The molecule has 2 aromatic rings. The van der Waals surface area contributed by atoms with Crippen molar-refractivity contribution < 1.29 is 18.4 Å². The summed E-state index contributed by atoms with van der Waals surface area (Å²) in [6, 6.07) is 10.3. The van der Waals surface area contributed by atoms with E-state index in [-0.39, 0.29) is 17.6 Å². The maximum Gasteiger partial charge on any atom is 0.236 e. The first-order valence-electron chi connectivity index (χ1n) is 7.60. The van der Waals surface area contributed by atoms with Gasteiger partial charge in [0, 0.05) is 17.8 Å². The van der Waals surface area contributed by atoms with Crippen molar-refractivity contribution >= 4 is 23.2 Å². The van der Waals surface area contributed by atoms with Gasteiger partial charge < -0.3 is 10.2 Å². The van der Waals surface area contributed by atoms with Crippen molar-refractivity contribution in [3.05, 3.63) is 59.7 Å². The number of anilines is 2. The second-order valence-corrected chi connectivity index (χ2v) is 5.79. The molecule has 0 aliphatic carbocycles. The predicted molar refractivity (Wildman–Crippen MR) is 86.7 cm³/mol. The van der Waals surface area contributed by atoms with Gasteiger partial charge in [0.15, 0.2) is 0 Å². The Morgan fingerprint density at radius 1 is 1.21 bits per heavy atom. The quantitative estimate of drug-likeness (QED) is 0.878. The summed E-state index contributed by atoms with van der Waals surface area (Å²) in [6.07, 6.45) is 0.325. The molecule has 124 valence electrons. The monoisotopic (exact) mass is 330 g/mol. The number of hydrogen-bond acceptors (Lipinski definition) is 2. The van der Waals surface area contributed by atoms with Crippen LogP contribution in [0.3, 0.4) is 0 Å². The van der Waals surface area contributed by atoms with E-state index < -0.39 is 24.0 Å². The lowest BCUT2D eigenvalue weighted by molar-refractivity contribution is -0.125. The standard InChI is InChI=1S/C18H16F2N2O2/c1-11-8-12-4-2-3-5-16(12)22(11)18(24)10-17(23)21-15-7-6-13(19)9-14(15)20/h2-7,9,11H,8,10H2,1H3,(H,21,23). The SMILES string of the molecule is CC1Cc2ccccc2N1C(=O)CC(=O)Nc1ccc(F)cc1F. The second kappa shape index (κ2) is 6.39. The van der Waals surface area contributed by atoms with Crippen LogP contribution >= 0.6 is 0 Å². The van der Waals surface area contributed by atoms with E-state index in [1.54, 1.807) is 4.90 Å². The molecule has 4 nitrogen and oxygen atoms in total.